The molecule has 2 rings (SSSR count). The van der Waals surface area contributed by atoms with Gasteiger partial charge in [-0.15, -0.1) is 0 Å². The van der Waals surface area contributed by atoms with Crippen molar-refractivity contribution in [3.05, 3.63) is 28.8 Å². The van der Waals surface area contributed by atoms with E-state index in [-0.39, 0.29) is 22.6 Å². The van der Waals surface area contributed by atoms with E-state index in [4.69, 9.17) is 16.7 Å². The van der Waals surface area contributed by atoms with Crippen LogP contribution in [0.25, 0.3) is 0 Å². The molecule has 1 aliphatic rings. The number of halogens is 1. The van der Waals surface area contributed by atoms with Crippen LogP contribution in [0.1, 0.15) is 24.8 Å². The minimum atomic E-state index is -3.56. The summed E-state index contributed by atoms with van der Waals surface area (Å²) >= 11 is 6.07. The Morgan fingerprint density at radius 2 is 2.15 bits per heavy atom. The van der Waals surface area contributed by atoms with Crippen molar-refractivity contribution in [2.75, 3.05) is 13.7 Å². The minimum Gasteiger partial charge on any atom is -0.384 e. The first kappa shape index (κ1) is 15.3. The van der Waals surface area contributed by atoms with E-state index in [1.165, 1.54) is 16.4 Å². The third-order valence-corrected chi connectivity index (χ3v) is 5.88. The van der Waals surface area contributed by atoms with Gasteiger partial charge in [0.15, 0.2) is 0 Å². The summed E-state index contributed by atoms with van der Waals surface area (Å²) in [5, 5.41) is 8.79. The normalized spacial score (nSPS) is 15.6. The molecule has 0 aliphatic heterocycles. The molecule has 0 saturated heterocycles. The van der Waals surface area contributed by atoms with E-state index in [0.29, 0.717) is 5.56 Å². The number of benzene rings is 1. The molecule has 0 bridgehead atoms. The van der Waals surface area contributed by atoms with Gasteiger partial charge in [-0.05, 0) is 31.0 Å². The van der Waals surface area contributed by atoms with Crippen LogP contribution in [0.2, 0.25) is 5.02 Å². The van der Waals surface area contributed by atoms with Gasteiger partial charge in [0.2, 0.25) is 10.0 Å². The van der Waals surface area contributed by atoms with Crippen LogP contribution in [0.15, 0.2) is 23.1 Å². The maximum Gasteiger partial charge on any atom is 0.244 e. The van der Waals surface area contributed by atoms with Gasteiger partial charge < -0.3 is 5.11 Å². The molecule has 0 atom stereocenters. The molecule has 20 heavy (non-hydrogen) atoms. The molecule has 0 radical (unpaired) electrons. The molecule has 1 aliphatic carbocycles. The highest BCUT2D eigenvalue weighted by molar-refractivity contribution is 7.89. The molecule has 1 saturated carbocycles. The van der Waals surface area contributed by atoms with Crippen molar-refractivity contribution in [3.63, 3.8) is 0 Å². The van der Waals surface area contributed by atoms with Gasteiger partial charge in [0.05, 0.1) is 5.02 Å². The predicted molar refractivity (Wildman–Crippen MR) is 78.0 cm³/mol. The topological polar surface area (TPSA) is 57.6 Å². The minimum absolute atomic E-state index is 0.0740. The molecule has 0 spiro atoms. The van der Waals surface area contributed by atoms with Gasteiger partial charge in [0.25, 0.3) is 0 Å². The third-order valence-electron chi connectivity index (χ3n) is 3.49. The number of hydrogen-bond donors (Lipinski definition) is 1. The van der Waals surface area contributed by atoms with Crippen LogP contribution in [-0.2, 0) is 10.0 Å². The van der Waals surface area contributed by atoms with Crippen LogP contribution in [0.3, 0.4) is 0 Å². The Morgan fingerprint density at radius 1 is 1.45 bits per heavy atom. The third kappa shape index (κ3) is 2.99. The SMILES string of the molecule is CN(C1CCC1)S(=O)(=O)c1ccc(C#CCO)cc1Cl. The van der Waals surface area contributed by atoms with Crippen LogP contribution >= 0.6 is 11.6 Å². The molecule has 6 heteroatoms. The summed E-state index contributed by atoms with van der Waals surface area (Å²) in [6.07, 6.45) is 2.86. The molecule has 0 aromatic heterocycles. The van der Waals surface area contributed by atoms with Crippen LogP contribution in [-0.4, -0.2) is 37.5 Å². The Morgan fingerprint density at radius 3 is 2.65 bits per heavy atom. The maximum atomic E-state index is 12.5. The Bertz CT molecular complexity index is 657. The first-order valence-electron chi connectivity index (χ1n) is 6.34. The summed E-state index contributed by atoms with van der Waals surface area (Å²) in [7, 11) is -1.97. The molecule has 1 N–H and O–H groups in total. The maximum absolute atomic E-state index is 12.5. The van der Waals surface area contributed by atoms with Crippen LogP contribution in [0.5, 0.6) is 0 Å². The van der Waals surface area contributed by atoms with Crippen molar-refractivity contribution in [2.24, 2.45) is 0 Å². The predicted octanol–water partition coefficient (Wildman–Crippen LogP) is 1.86. The van der Waals surface area contributed by atoms with Gasteiger partial charge >= 0.3 is 0 Å². The zero-order valence-corrected chi connectivity index (χ0v) is 12.7. The van der Waals surface area contributed by atoms with Crippen molar-refractivity contribution in [1.29, 1.82) is 0 Å². The molecule has 1 fully saturated rings. The fraction of sp³-hybridized carbons (Fsp3) is 0.429. The lowest BCUT2D eigenvalue weighted by atomic mass is 9.94. The van der Waals surface area contributed by atoms with Crippen molar-refractivity contribution in [1.82, 2.24) is 4.31 Å². The van der Waals surface area contributed by atoms with E-state index in [1.807, 2.05) is 0 Å². The van der Waals surface area contributed by atoms with E-state index in [1.54, 1.807) is 13.1 Å². The second-order valence-corrected chi connectivity index (χ2v) is 7.08. The van der Waals surface area contributed by atoms with Crippen molar-refractivity contribution in [3.8, 4) is 11.8 Å². The van der Waals surface area contributed by atoms with Crippen LogP contribution in [0.4, 0.5) is 0 Å². The van der Waals surface area contributed by atoms with Gasteiger partial charge in [-0.25, -0.2) is 8.42 Å². The number of aliphatic hydroxyl groups excluding tert-OH is 1. The molecule has 0 amide bonds. The van der Waals surface area contributed by atoms with Crippen molar-refractivity contribution in [2.45, 2.75) is 30.2 Å². The quantitative estimate of drug-likeness (QED) is 0.867. The number of hydrogen-bond acceptors (Lipinski definition) is 3. The highest BCUT2D eigenvalue weighted by Crippen LogP contribution is 2.31. The average molecular weight is 314 g/mol. The number of rotatable bonds is 3. The molecule has 1 aromatic rings. The standard InChI is InChI=1S/C14H16ClNO3S/c1-16(12-5-2-6-12)20(18,19)14-8-7-11(4-3-9-17)10-13(14)15/h7-8,10,12,17H,2,5-6,9H2,1H3. The molecular weight excluding hydrogens is 298 g/mol. The van der Waals surface area contributed by atoms with Gasteiger partial charge in [0.1, 0.15) is 11.5 Å². The Kier molecular flexibility index (Phi) is 4.71. The highest BCUT2D eigenvalue weighted by atomic mass is 35.5. The lowest BCUT2D eigenvalue weighted by Crippen LogP contribution is -2.41. The summed E-state index contributed by atoms with van der Waals surface area (Å²) in [6, 6.07) is 4.64. The van der Waals surface area contributed by atoms with E-state index < -0.39 is 10.0 Å². The van der Waals surface area contributed by atoms with Crippen LogP contribution < -0.4 is 0 Å². The van der Waals surface area contributed by atoms with E-state index in [9.17, 15) is 8.42 Å². The zero-order valence-electron chi connectivity index (χ0n) is 11.1. The Balaban J connectivity index is 2.32. The fourth-order valence-corrected chi connectivity index (χ4v) is 3.96. The first-order valence-corrected chi connectivity index (χ1v) is 8.16. The Hall–Kier alpha value is -1.06. The Labute approximate surface area is 124 Å². The van der Waals surface area contributed by atoms with Gasteiger partial charge in [-0.1, -0.05) is 29.9 Å². The molecule has 0 unspecified atom stereocenters. The van der Waals surface area contributed by atoms with Gasteiger partial charge in [0, 0.05) is 18.7 Å². The molecule has 108 valence electrons. The lowest BCUT2D eigenvalue weighted by molar-refractivity contribution is 0.249. The number of sulfonamides is 1. The smallest absolute Gasteiger partial charge is 0.244 e. The summed E-state index contributed by atoms with van der Waals surface area (Å²) in [5.74, 6) is 5.19. The van der Waals surface area contributed by atoms with Gasteiger partial charge in [-0.2, -0.15) is 4.31 Å². The van der Waals surface area contributed by atoms with Crippen molar-refractivity contribution >= 4 is 21.6 Å². The summed E-state index contributed by atoms with van der Waals surface area (Å²) in [4.78, 5) is 0.100. The largest absolute Gasteiger partial charge is 0.384 e. The van der Waals surface area contributed by atoms with Crippen LogP contribution in [0, 0.1) is 11.8 Å². The first-order chi connectivity index (χ1) is 9.46. The highest BCUT2D eigenvalue weighted by Gasteiger charge is 2.32. The summed E-state index contributed by atoms with van der Waals surface area (Å²) < 4.78 is 26.4. The molecule has 0 heterocycles. The average Bonchev–Trinajstić information content (AvgIpc) is 2.34. The summed E-state index contributed by atoms with van der Waals surface area (Å²) in [5.41, 5.74) is 0.578. The van der Waals surface area contributed by atoms with Crippen molar-refractivity contribution < 1.29 is 13.5 Å². The molecule has 4 nitrogen and oxygen atoms in total. The van der Waals surface area contributed by atoms with E-state index in [0.717, 1.165) is 19.3 Å². The zero-order chi connectivity index (χ0) is 14.8. The molecule has 1 aromatic carbocycles. The van der Waals surface area contributed by atoms with Gasteiger partial charge in [-0.3, -0.25) is 0 Å². The second-order valence-electron chi connectivity index (χ2n) is 4.71. The van der Waals surface area contributed by atoms with E-state index in [2.05, 4.69) is 11.8 Å². The monoisotopic (exact) mass is 313 g/mol. The summed E-state index contributed by atoms with van der Waals surface area (Å²) in [6.45, 7) is -0.248. The fourth-order valence-electron chi connectivity index (χ4n) is 2.03. The number of aliphatic hydroxyl groups is 1. The number of nitrogens with zero attached hydrogens (tertiary/aromatic N) is 1. The van der Waals surface area contributed by atoms with E-state index >= 15 is 0 Å². The lowest BCUT2D eigenvalue weighted by Gasteiger charge is -2.33. The molecular formula is C14H16ClNO3S. The second kappa shape index (κ2) is 6.15.